The van der Waals surface area contributed by atoms with Crippen molar-refractivity contribution in [2.75, 3.05) is 0 Å². The van der Waals surface area contributed by atoms with Gasteiger partial charge >= 0.3 is 0 Å². The summed E-state index contributed by atoms with van der Waals surface area (Å²) >= 11 is 4.46. The minimum atomic E-state index is 0.956. The highest BCUT2D eigenvalue weighted by molar-refractivity contribution is 9.10. The second-order valence-electron chi connectivity index (χ2n) is 1.46. The third-order valence-corrected chi connectivity index (χ3v) is 1.74. The van der Waals surface area contributed by atoms with Crippen LogP contribution in [0.5, 0.6) is 0 Å². The van der Waals surface area contributed by atoms with E-state index in [2.05, 4.69) is 20.9 Å². The summed E-state index contributed by atoms with van der Waals surface area (Å²) in [5, 5.41) is 5.27. The van der Waals surface area contributed by atoms with Crippen LogP contribution in [0.1, 0.15) is 13.8 Å². The molecule has 0 saturated heterocycles. The van der Waals surface area contributed by atoms with Crippen LogP contribution in [-0.2, 0) is 0 Å². The first kappa shape index (κ1) is 10.9. The highest BCUT2D eigenvalue weighted by Crippen LogP contribution is 2.15. The first-order valence-corrected chi connectivity index (χ1v) is 4.97. The largest absolute Gasteiger partial charge is 0.274 e. The number of aromatic nitrogens is 1. The van der Waals surface area contributed by atoms with Gasteiger partial charge in [-0.2, -0.15) is 0 Å². The van der Waals surface area contributed by atoms with E-state index in [9.17, 15) is 0 Å². The van der Waals surface area contributed by atoms with Crippen molar-refractivity contribution in [1.82, 2.24) is 4.98 Å². The Morgan fingerprint density at radius 1 is 1.45 bits per heavy atom. The molecule has 0 unspecified atom stereocenters. The molecule has 1 rings (SSSR count). The molecule has 0 aliphatic rings. The molecule has 0 amide bonds. The summed E-state index contributed by atoms with van der Waals surface area (Å²) in [6, 6.07) is 1.91. The molecule has 0 spiro atoms. The fourth-order valence-electron chi connectivity index (χ4n) is 0.457. The summed E-state index contributed by atoms with van der Waals surface area (Å²) in [7, 11) is 0. The molecule has 1 aromatic heterocycles. The van der Waals surface area contributed by atoms with E-state index in [1.165, 1.54) is 11.9 Å². The molecule has 4 heteroatoms. The monoisotopic (exact) mass is 234 g/mol. The minimum absolute atomic E-state index is 0.956. The van der Waals surface area contributed by atoms with Crippen LogP contribution in [-0.4, -0.2) is 4.98 Å². The van der Waals surface area contributed by atoms with Gasteiger partial charge in [0.15, 0.2) is 0 Å². The number of hydrogen-bond acceptors (Lipinski definition) is 3. The van der Waals surface area contributed by atoms with Crippen molar-refractivity contribution in [3.05, 3.63) is 22.9 Å². The molecular formula is C7H11BrN2S. The number of nitrogens with zero attached hydrogens (tertiary/aromatic N) is 1. The number of rotatable bonds is 1. The summed E-state index contributed by atoms with van der Waals surface area (Å²) in [5.41, 5.74) is 0. The number of hydrogen-bond donors (Lipinski definition) is 1. The molecule has 1 aromatic rings. The first-order valence-electron chi connectivity index (χ1n) is 3.30. The van der Waals surface area contributed by atoms with Gasteiger partial charge in [-0.3, -0.25) is 10.1 Å². The molecule has 0 aliphatic carbocycles. The molecule has 0 aromatic carbocycles. The number of nitrogens with two attached hydrogens (primary N) is 1. The van der Waals surface area contributed by atoms with Crippen molar-refractivity contribution in [1.29, 1.82) is 0 Å². The third kappa shape index (κ3) is 4.40. The maximum absolute atomic E-state index is 5.27. The Labute approximate surface area is 79.9 Å². The molecule has 2 N–H and O–H groups in total. The topological polar surface area (TPSA) is 38.9 Å². The van der Waals surface area contributed by atoms with Gasteiger partial charge in [0.05, 0.1) is 0 Å². The maximum Gasteiger partial charge on any atom is 0.0420 e. The summed E-state index contributed by atoms with van der Waals surface area (Å²) in [6.45, 7) is 4.00. The van der Waals surface area contributed by atoms with Gasteiger partial charge in [-0.05, 0) is 33.9 Å². The highest BCUT2D eigenvalue weighted by atomic mass is 79.9. The molecule has 0 atom stereocenters. The Kier molecular flexibility index (Phi) is 6.60. The van der Waals surface area contributed by atoms with E-state index >= 15 is 0 Å². The predicted molar refractivity (Wildman–Crippen MR) is 53.3 cm³/mol. The van der Waals surface area contributed by atoms with Crippen molar-refractivity contribution < 1.29 is 0 Å². The normalized spacial score (nSPS) is 8.36. The van der Waals surface area contributed by atoms with Gasteiger partial charge in [-0.15, -0.1) is 0 Å². The van der Waals surface area contributed by atoms with Gasteiger partial charge in [0.2, 0.25) is 0 Å². The average molecular weight is 235 g/mol. The Morgan fingerprint density at radius 2 is 2.09 bits per heavy atom. The van der Waals surface area contributed by atoms with Crippen LogP contribution in [0.15, 0.2) is 27.8 Å². The van der Waals surface area contributed by atoms with Crippen LogP contribution in [0, 0.1) is 0 Å². The summed E-state index contributed by atoms with van der Waals surface area (Å²) in [6.07, 6.45) is 3.44. The summed E-state index contributed by atoms with van der Waals surface area (Å²) < 4.78 is 0.956. The van der Waals surface area contributed by atoms with Gasteiger partial charge in [0.1, 0.15) is 0 Å². The van der Waals surface area contributed by atoms with E-state index < -0.39 is 0 Å². The molecule has 1 heterocycles. The molecule has 0 fully saturated rings. The highest BCUT2D eigenvalue weighted by Gasteiger charge is 1.89. The first-order chi connectivity index (χ1) is 5.33. The molecular weight excluding hydrogens is 224 g/mol. The van der Waals surface area contributed by atoms with Crippen molar-refractivity contribution in [2.24, 2.45) is 5.14 Å². The fourth-order valence-corrected chi connectivity index (χ4v) is 1.29. The van der Waals surface area contributed by atoms with Crippen LogP contribution in [0.2, 0.25) is 0 Å². The van der Waals surface area contributed by atoms with Gasteiger partial charge in [0, 0.05) is 21.8 Å². The van der Waals surface area contributed by atoms with Gasteiger partial charge in [-0.25, -0.2) is 0 Å². The van der Waals surface area contributed by atoms with E-state index in [4.69, 9.17) is 5.14 Å². The zero-order chi connectivity index (χ0) is 8.69. The van der Waals surface area contributed by atoms with Crippen LogP contribution >= 0.6 is 27.9 Å². The molecule has 62 valence electrons. The third-order valence-electron chi connectivity index (χ3n) is 0.816. The van der Waals surface area contributed by atoms with Crippen molar-refractivity contribution in [2.45, 2.75) is 18.7 Å². The molecule has 0 radical (unpaired) electrons. The quantitative estimate of drug-likeness (QED) is 0.760. The van der Waals surface area contributed by atoms with E-state index in [1.54, 1.807) is 12.4 Å². The zero-order valence-corrected chi connectivity index (χ0v) is 8.95. The van der Waals surface area contributed by atoms with Gasteiger partial charge < -0.3 is 0 Å². The van der Waals surface area contributed by atoms with Crippen molar-refractivity contribution >= 4 is 27.9 Å². The lowest BCUT2D eigenvalue weighted by Crippen LogP contribution is -1.80. The second kappa shape index (κ2) is 6.64. The van der Waals surface area contributed by atoms with E-state index in [-0.39, 0.29) is 0 Å². The van der Waals surface area contributed by atoms with Crippen LogP contribution in [0.25, 0.3) is 0 Å². The summed E-state index contributed by atoms with van der Waals surface area (Å²) in [4.78, 5) is 4.87. The van der Waals surface area contributed by atoms with Crippen molar-refractivity contribution in [3.8, 4) is 0 Å². The van der Waals surface area contributed by atoms with E-state index in [1.807, 2.05) is 19.9 Å². The molecule has 0 aliphatic heterocycles. The Hall–Kier alpha value is -0.0600. The van der Waals surface area contributed by atoms with Crippen LogP contribution in [0.4, 0.5) is 0 Å². The second-order valence-corrected chi connectivity index (χ2v) is 3.08. The van der Waals surface area contributed by atoms with Gasteiger partial charge in [0.25, 0.3) is 0 Å². The molecule has 11 heavy (non-hydrogen) atoms. The van der Waals surface area contributed by atoms with E-state index in [0.717, 1.165) is 9.37 Å². The maximum atomic E-state index is 5.27. The zero-order valence-electron chi connectivity index (χ0n) is 6.54. The Bertz CT molecular complexity index is 205. The van der Waals surface area contributed by atoms with Crippen molar-refractivity contribution in [3.63, 3.8) is 0 Å². The lowest BCUT2D eigenvalue weighted by molar-refractivity contribution is 1.22. The Morgan fingerprint density at radius 3 is 2.45 bits per heavy atom. The fraction of sp³-hybridized carbons (Fsp3) is 0.286. The minimum Gasteiger partial charge on any atom is -0.274 e. The summed E-state index contributed by atoms with van der Waals surface area (Å²) in [5.74, 6) is 0. The van der Waals surface area contributed by atoms with Crippen LogP contribution in [0.3, 0.4) is 0 Å². The Balaban J connectivity index is 0.000000461. The van der Waals surface area contributed by atoms with E-state index in [0.29, 0.717) is 0 Å². The molecule has 0 saturated carbocycles. The van der Waals surface area contributed by atoms with Crippen LogP contribution < -0.4 is 5.14 Å². The van der Waals surface area contributed by atoms with Gasteiger partial charge in [-0.1, -0.05) is 13.8 Å². The molecule has 2 nitrogen and oxygen atoms in total. The average Bonchev–Trinajstić information content (AvgIpc) is 2.08. The predicted octanol–water partition coefficient (Wildman–Crippen LogP) is 2.84. The SMILES string of the molecule is CC.NSc1cncc(Br)c1. The number of pyridine rings is 1. The lowest BCUT2D eigenvalue weighted by Gasteiger charge is -1.92. The number of halogens is 1. The standard InChI is InChI=1S/C5H5BrN2S.C2H6/c6-4-1-5(9-7)3-8-2-4;1-2/h1-3H,7H2;1-2H3. The molecule has 0 bridgehead atoms. The smallest absolute Gasteiger partial charge is 0.0420 e. The lowest BCUT2D eigenvalue weighted by atomic mass is 10.5.